The van der Waals surface area contributed by atoms with E-state index in [4.69, 9.17) is 16.3 Å². The normalized spacial score (nSPS) is 14.6. The molecule has 1 saturated heterocycles. The van der Waals surface area contributed by atoms with Crippen LogP contribution >= 0.6 is 34.7 Å². The van der Waals surface area contributed by atoms with Gasteiger partial charge in [-0.2, -0.15) is 0 Å². The highest BCUT2D eigenvalue weighted by Crippen LogP contribution is 2.32. The Hall–Kier alpha value is -1.78. The summed E-state index contributed by atoms with van der Waals surface area (Å²) in [7, 11) is 0. The van der Waals surface area contributed by atoms with Crippen molar-refractivity contribution in [3.05, 3.63) is 53.1 Å². The lowest BCUT2D eigenvalue weighted by Gasteiger charge is -2.27. The van der Waals surface area contributed by atoms with E-state index in [1.807, 2.05) is 24.3 Å². The monoisotopic (exact) mass is 511 g/mol. The highest BCUT2D eigenvalue weighted by Gasteiger charge is 2.22. The second kappa shape index (κ2) is 11.6. The molecule has 1 aliphatic rings. The second-order valence-electron chi connectivity index (χ2n) is 7.64. The van der Waals surface area contributed by atoms with Gasteiger partial charge in [-0.3, -0.25) is 14.6 Å². The maximum absolute atomic E-state index is 14.2. The number of thioether (sulfide) groups is 1. The summed E-state index contributed by atoms with van der Waals surface area (Å²) < 4.78 is 33.6. The maximum atomic E-state index is 14.2. The van der Waals surface area contributed by atoms with Crippen LogP contribution < -0.4 is 4.90 Å². The van der Waals surface area contributed by atoms with Gasteiger partial charge in [0.15, 0.2) is 10.9 Å². The molecule has 3 aromatic rings. The van der Waals surface area contributed by atoms with E-state index >= 15 is 0 Å². The molecule has 0 bridgehead atoms. The summed E-state index contributed by atoms with van der Waals surface area (Å²) in [6.07, 6.45) is 1.06. The molecule has 2 aromatic carbocycles. The van der Waals surface area contributed by atoms with Gasteiger partial charge in [-0.25, -0.2) is 13.8 Å². The molecule has 1 fully saturated rings. The molecule has 33 heavy (non-hydrogen) atoms. The number of nitrogens with zero attached hydrogens (tertiary/aromatic N) is 3. The zero-order valence-corrected chi connectivity index (χ0v) is 20.3. The average Bonchev–Trinajstić information content (AvgIpc) is 3.22. The van der Waals surface area contributed by atoms with Crippen LogP contribution in [0, 0.1) is 11.6 Å². The highest BCUT2D eigenvalue weighted by molar-refractivity contribution is 7.99. The zero-order valence-electron chi connectivity index (χ0n) is 17.9. The number of morpholine rings is 1. The predicted molar refractivity (Wildman–Crippen MR) is 131 cm³/mol. The van der Waals surface area contributed by atoms with Gasteiger partial charge in [-0.15, -0.1) is 11.8 Å². The minimum Gasteiger partial charge on any atom is -0.379 e. The first-order valence-electron chi connectivity index (χ1n) is 10.7. The Morgan fingerprint density at radius 2 is 1.97 bits per heavy atom. The molecule has 0 unspecified atom stereocenters. The Balaban J connectivity index is 1.44. The van der Waals surface area contributed by atoms with Crippen LogP contribution in [0.5, 0.6) is 0 Å². The molecule has 0 saturated carbocycles. The number of anilines is 1. The highest BCUT2D eigenvalue weighted by atomic mass is 35.5. The summed E-state index contributed by atoms with van der Waals surface area (Å²) in [5, 5.41) is 1.07. The summed E-state index contributed by atoms with van der Waals surface area (Å²) >= 11 is 8.64. The minimum atomic E-state index is -0.716. The molecule has 1 aliphatic heterocycles. The van der Waals surface area contributed by atoms with Gasteiger partial charge in [-0.1, -0.05) is 22.9 Å². The van der Waals surface area contributed by atoms with E-state index in [2.05, 4.69) is 9.88 Å². The molecule has 0 spiro atoms. The summed E-state index contributed by atoms with van der Waals surface area (Å²) in [5.74, 6) is -0.862. The first-order chi connectivity index (χ1) is 16.0. The number of amides is 1. The fraction of sp³-hybridized carbons (Fsp3) is 0.391. The number of thiazole rings is 1. The van der Waals surface area contributed by atoms with E-state index in [9.17, 15) is 13.6 Å². The minimum absolute atomic E-state index is 0.0848. The SMILES string of the molecule is O=C(CCSc1ccc(Cl)cc1)N(CCCN1CCOCC1)c1nc2c(F)cc(F)cc2s1. The summed E-state index contributed by atoms with van der Waals surface area (Å²) in [5.41, 5.74) is 0.0953. The van der Waals surface area contributed by atoms with Gasteiger partial charge in [0.05, 0.1) is 17.9 Å². The fourth-order valence-corrected chi connectivity index (χ4v) is 5.60. The van der Waals surface area contributed by atoms with Crippen molar-refractivity contribution < 1.29 is 18.3 Å². The van der Waals surface area contributed by atoms with Gasteiger partial charge in [0, 0.05) is 54.3 Å². The van der Waals surface area contributed by atoms with Crippen molar-refractivity contribution in [1.82, 2.24) is 9.88 Å². The van der Waals surface area contributed by atoms with Gasteiger partial charge >= 0.3 is 0 Å². The van der Waals surface area contributed by atoms with Crippen molar-refractivity contribution in [3.63, 3.8) is 0 Å². The lowest BCUT2D eigenvalue weighted by Crippen LogP contribution is -2.39. The van der Waals surface area contributed by atoms with Crippen molar-refractivity contribution >= 4 is 56.0 Å². The second-order valence-corrected chi connectivity index (χ2v) is 10.2. The molecule has 1 amide bonds. The van der Waals surface area contributed by atoms with Crippen molar-refractivity contribution in [2.45, 2.75) is 17.7 Å². The number of hydrogen-bond donors (Lipinski definition) is 0. The first kappa shape index (κ1) is 24.3. The van der Waals surface area contributed by atoms with Crippen molar-refractivity contribution in [1.29, 1.82) is 0 Å². The van der Waals surface area contributed by atoms with Gasteiger partial charge < -0.3 is 4.74 Å². The molecule has 0 radical (unpaired) electrons. The lowest BCUT2D eigenvalue weighted by atomic mass is 10.3. The summed E-state index contributed by atoms with van der Waals surface area (Å²) in [6, 6.07) is 9.55. The molecule has 0 N–H and O–H groups in total. The number of aromatic nitrogens is 1. The van der Waals surface area contributed by atoms with Gasteiger partial charge in [0.25, 0.3) is 0 Å². The topological polar surface area (TPSA) is 45.7 Å². The first-order valence-corrected chi connectivity index (χ1v) is 12.9. The quantitative estimate of drug-likeness (QED) is 0.357. The van der Waals surface area contributed by atoms with E-state index in [-0.39, 0.29) is 11.4 Å². The van der Waals surface area contributed by atoms with Crippen LogP contribution in [-0.4, -0.2) is 60.9 Å². The Labute approximate surface area is 204 Å². The molecule has 2 heterocycles. The van der Waals surface area contributed by atoms with Gasteiger partial charge in [0.1, 0.15) is 11.3 Å². The van der Waals surface area contributed by atoms with Crippen LogP contribution in [0.1, 0.15) is 12.8 Å². The molecular weight excluding hydrogens is 488 g/mol. The molecule has 10 heteroatoms. The molecule has 4 rings (SSSR count). The van der Waals surface area contributed by atoms with Crippen LogP contribution in [0.4, 0.5) is 13.9 Å². The summed E-state index contributed by atoms with van der Waals surface area (Å²) in [4.78, 5) is 22.4. The number of carbonyl (C=O) groups excluding carboxylic acids is 1. The van der Waals surface area contributed by atoms with Crippen LogP contribution in [0.25, 0.3) is 10.2 Å². The van der Waals surface area contributed by atoms with E-state index in [0.717, 1.165) is 48.4 Å². The van der Waals surface area contributed by atoms with Crippen molar-refractivity contribution in [3.8, 4) is 0 Å². The number of halogens is 3. The molecular formula is C23H24ClF2N3O2S2. The zero-order chi connectivity index (χ0) is 23.2. The molecule has 5 nitrogen and oxygen atoms in total. The largest absolute Gasteiger partial charge is 0.379 e. The Kier molecular flexibility index (Phi) is 8.54. The maximum Gasteiger partial charge on any atom is 0.229 e. The molecule has 0 aliphatic carbocycles. The van der Waals surface area contributed by atoms with Crippen LogP contribution in [-0.2, 0) is 9.53 Å². The number of carbonyl (C=O) groups is 1. The lowest BCUT2D eigenvalue weighted by molar-refractivity contribution is -0.118. The molecule has 0 atom stereocenters. The standard InChI is InChI=1S/C23H24ClF2N3O2S2/c24-16-2-4-18(5-3-16)32-13-6-21(30)29(8-1-7-28-9-11-31-12-10-28)23-27-22-19(26)14-17(25)15-20(22)33-23/h2-5,14-15H,1,6-13H2. The number of rotatable bonds is 9. The van der Waals surface area contributed by atoms with Crippen LogP contribution in [0.3, 0.4) is 0 Å². The Bertz CT molecular complexity index is 1090. The Morgan fingerprint density at radius 3 is 2.73 bits per heavy atom. The number of ether oxygens (including phenoxy) is 1. The summed E-state index contributed by atoms with van der Waals surface area (Å²) in [6.45, 7) is 4.47. The smallest absolute Gasteiger partial charge is 0.229 e. The van der Waals surface area contributed by atoms with E-state index in [1.165, 1.54) is 6.07 Å². The van der Waals surface area contributed by atoms with Crippen molar-refractivity contribution in [2.75, 3.05) is 50.0 Å². The van der Waals surface area contributed by atoms with Gasteiger partial charge in [0.2, 0.25) is 5.91 Å². The predicted octanol–water partition coefficient (Wildman–Crippen LogP) is 5.47. The average molecular weight is 512 g/mol. The van der Waals surface area contributed by atoms with Crippen LogP contribution in [0.15, 0.2) is 41.3 Å². The van der Waals surface area contributed by atoms with Gasteiger partial charge in [-0.05, 0) is 36.8 Å². The van der Waals surface area contributed by atoms with Crippen molar-refractivity contribution in [2.24, 2.45) is 0 Å². The van der Waals surface area contributed by atoms with Crippen LogP contribution in [0.2, 0.25) is 5.02 Å². The number of fused-ring (bicyclic) bond motifs is 1. The van der Waals surface area contributed by atoms with E-state index in [0.29, 0.717) is 46.8 Å². The third-order valence-electron chi connectivity index (χ3n) is 5.29. The molecule has 1 aromatic heterocycles. The molecule has 176 valence electrons. The van der Waals surface area contributed by atoms with E-state index in [1.54, 1.807) is 16.7 Å². The third kappa shape index (κ3) is 6.64. The fourth-order valence-electron chi connectivity index (χ4n) is 3.59. The number of hydrogen-bond acceptors (Lipinski definition) is 6. The van der Waals surface area contributed by atoms with E-state index < -0.39 is 11.6 Å². The third-order valence-corrected chi connectivity index (χ3v) is 7.58. The number of benzene rings is 2. The Morgan fingerprint density at radius 1 is 1.21 bits per heavy atom.